The van der Waals surface area contributed by atoms with Gasteiger partial charge in [-0.2, -0.15) is 0 Å². The predicted octanol–water partition coefficient (Wildman–Crippen LogP) is 1.45. The third-order valence-electron chi connectivity index (χ3n) is 2.95. The summed E-state index contributed by atoms with van der Waals surface area (Å²) in [4.78, 5) is 16.1. The summed E-state index contributed by atoms with van der Waals surface area (Å²) in [6.45, 7) is -1.21. The first-order chi connectivity index (χ1) is 9.52. The number of alkyl halides is 2. The number of anilines is 1. The fraction of sp³-hybridized carbons (Fsp3) is 0.308. The summed E-state index contributed by atoms with van der Waals surface area (Å²) in [5.41, 5.74) is 7.12. The Morgan fingerprint density at radius 1 is 1.45 bits per heavy atom. The third kappa shape index (κ3) is 2.88. The Morgan fingerprint density at radius 3 is 2.85 bits per heavy atom. The molecule has 1 heterocycles. The largest absolute Gasteiger partial charge is 0.399 e. The highest BCUT2D eigenvalue weighted by Crippen LogP contribution is 2.22. The molecule has 0 unspecified atom stereocenters. The van der Waals surface area contributed by atoms with Gasteiger partial charge in [0.25, 0.3) is 12.3 Å². The molecule has 0 aliphatic heterocycles. The molecule has 2 rings (SSSR count). The van der Waals surface area contributed by atoms with Crippen molar-refractivity contribution < 1.29 is 18.7 Å². The van der Waals surface area contributed by atoms with Gasteiger partial charge in [-0.25, -0.2) is 8.78 Å². The van der Waals surface area contributed by atoms with Crippen LogP contribution in [0.3, 0.4) is 0 Å². The van der Waals surface area contributed by atoms with E-state index in [0.717, 1.165) is 4.90 Å². The van der Waals surface area contributed by atoms with E-state index in [-0.39, 0.29) is 18.7 Å². The first kappa shape index (κ1) is 14.3. The quantitative estimate of drug-likeness (QED) is 0.726. The Bertz CT molecular complexity index is 613. The van der Waals surface area contributed by atoms with Gasteiger partial charge in [0.15, 0.2) is 0 Å². The van der Waals surface area contributed by atoms with Gasteiger partial charge >= 0.3 is 0 Å². The zero-order chi connectivity index (χ0) is 14.7. The number of carbonyl (C=O) groups excluding carboxylic acids is 1. The molecule has 2 aromatic rings. The van der Waals surface area contributed by atoms with Crippen LogP contribution in [0.5, 0.6) is 0 Å². The number of benzene rings is 1. The maximum absolute atomic E-state index is 12.5. The Kier molecular flexibility index (Phi) is 4.19. The summed E-state index contributed by atoms with van der Waals surface area (Å²) in [7, 11) is 0. The molecule has 4 N–H and O–H groups in total. The molecule has 1 aromatic heterocycles. The van der Waals surface area contributed by atoms with Crippen LogP contribution < -0.4 is 5.73 Å². The van der Waals surface area contributed by atoms with Gasteiger partial charge < -0.3 is 20.7 Å². The number of aromatic nitrogens is 1. The van der Waals surface area contributed by atoms with Gasteiger partial charge in [-0.05, 0) is 18.2 Å². The Balaban J connectivity index is 2.33. The normalized spacial score (nSPS) is 11.2. The second kappa shape index (κ2) is 5.87. The van der Waals surface area contributed by atoms with Gasteiger partial charge in [0.2, 0.25) is 0 Å². The molecule has 1 amide bonds. The number of H-pyrrole nitrogens is 1. The molecule has 7 heteroatoms. The lowest BCUT2D eigenvalue weighted by atomic mass is 10.1. The van der Waals surface area contributed by atoms with Crippen LogP contribution in [-0.2, 0) is 0 Å². The maximum Gasteiger partial charge on any atom is 0.256 e. The average Bonchev–Trinajstić information content (AvgIpc) is 2.79. The number of hydrogen-bond donors (Lipinski definition) is 3. The van der Waals surface area contributed by atoms with Crippen LogP contribution in [0, 0.1) is 0 Å². The molecule has 1 aromatic carbocycles. The number of nitrogens with two attached hydrogens (primary N) is 1. The SMILES string of the molecule is Nc1ccc2c(C(=O)N(CCO)CC(F)F)c[nH]c2c1. The number of aliphatic hydroxyl groups is 1. The molecule has 0 saturated carbocycles. The molecule has 20 heavy (non-hydrogen) atoms. The standard InChI is InChI=1S/C13H15F2N3O2/c14-12(15)7-18(3-4-19)13(20)10-6-17-11-5-8(16)1-2-9(10)11/h1-2,5-6,12,17,19H,3-4,7,16H2. The van der Waals surface area contributed by atoms with Crippen molar-refractivity contribution in [3.05, 3.63) is 30.0 Å². The van der Waals surface area contributed by atoms with E-state index in [1.165, 1.54) is 6.20 Å². The van der Waals surface area contributed by atoms with Crippen molar-refractivity contribution in [2.45, 2.75) is 6.43 Å². The van der Waals surface area contributed by atoms with Crippen molar-refractivity contribution in [1.82, 2.24) is 9.88 Å². The maximum atomic E-state index is 12.5. The number of halogens is 2. The number of hydrogen-bond acceptors (Lipinski definition) is 3. The van der Waals surface area contributed by atoms with Gasteiger partial charge in [-0.3, -0.25) is 4.79 Å². The van der Waals surface area contributed by atoms with Crippen LogP contribution in [0.15, 0.2) is 24.4 Å². The minimum Gasteiger partial charge on any atom is -0.399 e. The van der Waals surface area contributed by atoms with Crippen LogP contribution in [0.4, 0.5) is 14.5 Å². The number of fused-ring (bicyclic) bond motifs is 1. The van der Waals surface area contributed by atoms with E-state index < -0.39 is 18.9 Å². The molecule has 0 spiro atoms. The number of rotatable bonds is 5. The monoisotopic (exact) mass is 283 g/mol. The summed E-state index contributed by atoms with van der Waals surface area (Å²) in [6, 6.07) is 4.96. The van der Waals surface area contributed by atoms with E-state index in [0.29, 0.717) is 16.6 Å². The van der Waals surface area contributed by atoms with E-state index >= 15 is 0 Å². The molecule has 0 aliphatic carbocycles. The van der Waals surface area contributed by atoms with Crippen molar-refractivity contribution in [3.63, 3.8) is 0 Å². The second-order valence-corrected chi connectivity index (χ2v) is 4.37. The van der Waals surface area contributed by atoms with Gasteiger partial charge in [0, 0.05) is 29.3 Å². The fourth-order valence-corrected chi connectivity index (χ4v) is 2.05. The number of aliphatic hydroxyl groups excluding tert-OH is 1. The van der Waals surface area contributed by atoms with E-state index in [2.05, 4.69) is 4.98 Å². The molecule has 5 nitrogen and oxygen atoms in total. The zero-order valence-electron chi connectivity index (χ0n) is 10.6. The summed E-state index contributed by atoms with van der Waals surface area (Å²) in [6.07, 6.45) is -1.19. The lowest BCUT2D eigenvalue weighted by molar-refractivity contribution is 0.0511. The minimum atomic E-state index is -2.65. The topological polar surface area (TPSA) is 82.3 Å². The zero-order valence-corrected chi connectivity index (χ0v) is 10.6. The molecule has 0 atom stereocenters. The summed E-state index contributed by atoms with van der Waals surface area (Å²) < 4.78 is 25.0. The predicted molar refractivity (Wildman–Crippen MR) is 71.7 cm³/mol. The summed E-state index contributed by atoms with van der Waals surface area (Å²) in [5.74, 6) is -0.546. The van der Waals surface area contributed by atoms with Crippen molar-refractivity contribution in [3.8, 4) is 0 Å². The van der Waals surface area contributed by atoms with Gasteiger partial charge in [-0.15, -0.1) is 0 Å². The third-order valence-corrected chi connectivity index (χ3v) is 2.95. The van der Waals surface area contributed by atoms with Crippen LogP contribution in [-0.4, -0.2) is 47.0 Å². The highest BCUT2D eigenvalue weighted by Gasteiger charge is 2.21. The molecule has 0 radical (unpaired) electrons. The summed E-state index contributed by atoms with van der Waals surface area (Å²) in [5, 5.41) is 9.49. The Hall–Kier alpha value is -2.15. The van der Waals surface area contributed by atoms with Crippen LogP contribution in [0.1, 0.15) is 10.4 Å². The first-order valence-corrected chi connectivity index (χ1v) is 6.08. The van der Waals surface area contributed by atoms with E-state index in [4.69, 9.17) is 10.8 Å². The average molecular weight is 283 g/mol. The van der Waals surface area contributed by atoms with Gasteiger partial charge in [0.05, 0.1) is 18.7 Å². The molecule has 0 bridgehead atoms. The van der Waals surface area contributed by atoms with Crippen molar-refractivity contribution in [1.29, 1.82) is 0 Å². The van der Waals surface area contributed by atoms with Crippen molar-refractivity contribution in [2.24, 2.45) is 0 Å². The molecule has 0 fully saturated rings. The number of nitrogens with one attached hydrogen (secondary N) is 1. The van der Waals surface area contributed by atoms with Crippen LogP contribution in [0.25, 0.3) is 10.9 Å². The molecule has 0 saturated heterocycles. The second-order valence-electron chi connectivity index (χ2n) is 4.37. The van der Waals surface area contributed by atoms with Crippen molar-refractivity contribution in [2.75, 3.05) is 25.4 Å². The van der Waals surface area contributed by atoms with Crippen LogP contribution in [0.2, 0.25) is 0 Å². The molecular formula is C13H15F2N3O2. The Morgan fingerprint density at radius 2 is 2.20 bits per heavy atom. The Labute approximate surface area is 114 Å². The van der Waals surface area contributed by atoms with Gasteiger partial charge in [0.1, 0.15) is 0 Å². The molecular weight excluding hydrogens is 268 g/mol. The molecule has 108 valence electrons. The number of carbonyl (C=O) groups is 1. The lowest BCUT2D eigenvalue weighted by Crippen LogP contribution is -2.37. The highest BCUT2D eigenvalue weighted by atomic mass is 19.3. The van der Waals surface area contributed by atoms with Gasteiger partial charge in [-0.1, -0.05) is 0 Å². The number of amides is 1. The fourth-order valence-electron chi connectivity index (χ4n) is 2.05. The number of nitrogen functional groups attached to an aromatic ring is 1. The van der Waals surface area contributed by atoms with Crippen LogP contribution >= 0.6 is 0 Å². The first-order valence-electron chi connectivity index (χ1n) is 6.08. The van der Waals surface area contributed by atoms with Crippen molar-refractivity contribution >= 4 is 22.5 Å². The van der Waals surface area contributed by atoms with E-state index in [1.54, 1.807) is 18.2 Å². The van der Waals surface area contributed by atoms with E-state index in [1.807, 2.05) is 0 Å². The highest BCUT2D eigenvalue weighted by molar-refractivity contribution is 6.07. The summed E-state index contributed by atoms with van der Waals surface area (Å²) >= 11 is 0. The lowest BCUT2D eigenvalue weighted by Gasteiger charge is -2.20. The molecule has 0 aliphatic rings. The number of nitrogens with zero attached hydrogens (tertiary/aromatic N) is 1. The number of aromatic amines is 1. The van der Waals surface area contributed by atoms with E-state index in [9.17, 15) is 13.6 Å². The smallest absolute Gasteiger partial charge is 0.256 e. The minimum absolute atomic E-state index is 0.134.